The standard InChI is InChI=1S/C24H21N5O4/c30-20(26-27-21(31)17-8-2-4-10-19(17)28-13-5-6-14-28)15-29-22(32)24(25-23(29)33)12-11-16-7-1-3-9-18(16)24/h1-10,13-14H,11-12,15H2,(H,25,33)(H,26,30)(H,27,31)/t24-/m0/s1. The first-order chi connectivity index (χ1) is 16.0. The van der Waals surface area contributed by atoms with Crippen molar-refractivity contribution < 1.29 is 19.2 Å². The second-order valence-corrected chi connectivity index (χ2v) is 7.99. The molecule has 9 nitrogen and oxygen atoms in total. The van der Waals surface area contributed by atoms with Crippen LogP contribution in [-0.4, -0.2) is 39.8 Å². The Morgan fingerprint density at radius 2 is 1.67 bits per heavy atom. The largest absolute Gasteiger partial charge is 0.325 e. The number of urea groups is 1. The van der Waals surface area contributed by atoms with Crippen molar-refractivity contribution in [3.05, 3.63) is 89.7 Å². The maximum absolute atomic E-state index is 13.1. The van der Waals surface area contributed by atoms with E-state index < -0.39 is 35.8 Å². The normalized spacial score (nSPS) is 18.8. The summed E-state index contributed by atoms with van der Waals surface area (Å²) in [6, 6.07) is 17.5. The van der Waals surface area contributed by atoms with E-state index in [1.54, 1.807) is 41.2 Å². The fraction of sp³-hybridized carbons (Fsp3) is 0.167. The van der Waals surface area contributed by atoms with E-state index in [9.17, 15) is 19.2 Å². The van der Waals surface area contributed by atoms with Gasteiger partial charge in [0.1, 0.15) is 12.1 Å². The van der Waals surface area contributed by atoms with E-state index in [4.69, 9.17) is 0 Å². The number of hydrazine groups is 1. The van der Waals surface area contributed by atoms with Gasteiger partial charge in [0, 0.05) is 12.4 Å². The number of nitrogens with one attached hydrogen (secondary N) is 3. The van der Waals surface area contributed by atoms with E-state index in [1.807, 2.05) is 36.4 Å². The zero-order valence-corrected chi connectivity index (χ0v) is 17.6. The number of benzene rings is 2. The third-order valence-electron chi connectivity index (χ3n) is 6.07. The Morgan fingerprint density at radius 3 is 2.48 bits per heavy atom. The fourth-order valence-corrected chi connectivity index (χ4v) is 4.50. The molecule has 0 saturated carbocycles. The van der Waals surface area contributed by atoms with Crippen LogP contribution in [0.1, 0.15) is 27.9 Å². The second-order valence-electron chi connectivity index (χ2n) is 7.99. The van der Waals surface area contributed by atoms with Crippen LogP contribution in [0.3, 0.4) is 0 Å². The summed E-state index contributed by atoms with van der Waals surface area (Å²) in [7, 11) is 0. The molecule has 33 heavy (non-hydrogen) atoms. The average Bonchev–Trinajstić information content (AvgIpc) is 3.54. The van der Waals surface area contributed by atoms with Gasteiger partial charge >= 0.3 is 6.03 Å². The average molecular weight is 443 g/mol. The van der Waals surface area contributed by atoms with Crippen LogP contribution in [0.15, 0.2) is 73.1 Å². The van der Waals surface area contributed by atoms with Gasteiger partial charge in [0.2, 0.25) is 0 Å². The molecule has 0 unspecified atom stereocenters. The number of amides is 5. The number of rotatable bonds is 4. The van der Waals surface area contributed by atoms with Gasteiger partial charge in [-0.2, -0.15) is 0 Å². The van der Waals surface area contributed by atoms with Crippen molar-refractivity contribution >= 4 is 23.8 Å². The molecule has 1 aliphatic heterocycles. The molecule has 166 valence electrons. The van der Waals surface area contributed by atoms with Crippen molar-refractivity contribution in [2.75, 3.05) is 6.54 Å². The molecular formula is C24H21N5O4. The number of hydrogen-bond donors (Lipinski definition) is 3. The first kappa shape index (κ1) is 20.5. The minimum absolute atomic E-state index is 0.352. The third-order valence-corrected chi connectivity index (χ3v) is 6.07. The van der Waals surface area contributed by atoms with Crippen molar-refractivity contribution in [1.82, 2.24) is 25.6 Å². The summed E-state index contributed by atoms with van der Waals surface area (Å²) in [6.07, 6.45) is 4.72. The molecule has 0 radical (unpaired) electrons. The van der Waals surface area contributed by atoms with E-state index in [0.29, 0.717) is 24.1 Å². The molecule has 1 aromatic heterocycles. The zero-order chi connectivity index (χ0) is 23.0. The van der Waals surface area contributed by atoms with Crippen LogP contribution < -0.4 is 16.2 Å². The first-order valence-electron chi connectivity index (χ1n) is 10.5. The second kappa shape index (κ2) is 7.94. The lowest BCUT2D eigenvalue weighted by Gasteiger charge is -2.22. The van der Waals surface area contributed by atoms with Gasteiger partial charge < -0.3 is 9.88 Å². The lowest BCUT2D eigenvalue weighted by Crippen LogP contribution is -2.48. The summed E-state index contributed by atoms with van der Waals surface area (Å²) in [5, 5.41) is 2.77. The molecule has 2 aliphatic rings. The number of fused-ring (bicyclic) bond motifs is 2. The van der Waals surface area contributed by atoms with Crippen LogP contribution in [0, 0.1) is 0 Å². The number of nitrogens with zero attached hydrogens (tertiary/aromatic N) is 2. The number of hydrogen-bond acceptors (Lipinski definition) is 4. The van der Waals surface area contributed by atoms with Crippen molar-refractivity contribution in [2.45, 2.75) is 18.4 Å². The first-order valence-corrected chi connectivity index (χ1v) is 10.5. The summed E-state index contributed by atoms with van der Waals surface area (Å²) in [4.78, 5) is 51.7. The summed E-state index contributed by atoms with van der Waals surface area (Å²) in [5.41, 5.74) is 6.29. The van der Waals surface area contributed by atoms with E-state index in [-0.39, 0.29) is 0 Å². The van der Waals surface area contributed by atoms with Crippen LogP contribution in [0.5, 0.6) is 0 Å². The van der Waals surface area contributed by atoms with Gasteiger partial charge in [0.25, 0.3) is 17.7 Å². The maximum Gasteiger partial charge on any atom is 0.325 e. The molecule has 1 fully saturated rings. The number of carbonyl (C=O) groups is 4. The van der Waals surface area contributed by atoms with Gasteiger partial charge in [-0.15, -0.1) is 0 Å². The Hall–Kier alpha value is -4.40. The Bertz CT molecular complexity index is 1270. The van der Waals surface area contributed by atoms with Gasteiger partial charge in [-0.25, -0.2) is 4.79 Å². The molecule has 1 atom stereocenters. The molecule has 5 amide bonds. The molecule has 0 bridgehead atoms. The molecule has 1 saturated heterocycles. The molecule has 3 aromatic rings. The summed E-state index contributed by atoms with van der Waals surface area (Å²) in [6.45, 7) is -0.506. The van der Waals surface area contributed by atoms with Crippen LogP contribution >= 0.6 is 0 Å². The van der Waals surface area contributed by atoms with Crippen molar-refractivity contribution in [1.29, 1.82) is 0 Å². The molecule has 2 heterocycles. The zero-order valence-electron chi connectivity index (χ0n) is 17.6. The monoisotopic (exact) mass is 443 g/mol. The lowest BCUT2D eigenvalue weighted by molar-refractivity contribution is -0.135. The molecule has 1 spiro atoms. The van der Waals surface area contributed by atoms with Gasteiger partial charge in [-0.05, 0) is 48.2 Å². The highest BCUT2D eigenvalue weighted by Crippen LogP contribution is 2.41. The van der Waals surface area contributed by atoms with Gasteiger partial charge in [0.05, 0.1) is 11.3 Å². The number of aromatic nitrogens is 1. The molecule has 2 aromatic carbocycles. The van der Waals surface area contributed by atoms with Crippen LogP contribution in [-0.2, 0) is 21.5 Å². The smallest absolute Gasteiger partial charge is 0.323 e. The Balaban J connectivity index is 1.25. The van der Waals surface area contributed by atoms with Crippen LogP contribution in [0.25, 0.3) is 5.69 Å². The van der Waals surface area contributed by atoms with Gasteiger partial charge in [0.15, 0.2) is 0 Å². The highest BCUT2D eigenvalue weighted by Gasteiger charge is 2.55. The summed E-state index contributed by atoms with van der Waals surface area (Å²) < 4.78 is 1.78. The van der Waals surface area contributed by atoms with Crippen LogP contribution in [0.4, 0.5) is 4.79 Å². The van der Waals surface area contributed by atoms with E-state index in [2.05, 4.69) is 16.2 Å². The molecule has 1 aliphatic carbocycles. The number of imide groups is 1. The summed E-state index contributed by atoms with van der Waals surface area (Å²) in [5.74, 6) is -1.67. The fourth-order valence-electron chi connectivity index (χ4n) is 4.50. The van der Waals surface area contributed by atoms with Gasteiger partial charge in [-0.1, -0.05) is 36.4 Å². The Kier molecular flexibility index (Phi) is 4.93. The molecule has 9 heteroatoms. The highest BCUT2D eigenvalue weighted by molar-refractivity contribution is 6.10. The number of carbonyl (C=O) groups excluding carboxylic acids is 4. The molecule has 5 rings (SSSR count). The third kappa shape index (κ3) is 3.43. The van der Waals surface area contributed by atoms with E-state index >= 15 is 0 Å². The Labute approximate surface area is 189 Å². The van der Waals surface area contributed by atoms with Crippen molar-refractivity contribution in [3.63, 3.8) is 0 Å². The van der Waals surface area contributed by atoms with Crippen molar-refractivity contribution in [3.8, 4) is 5.69 Å². The number of aryl methyl sites for hydroxylation is 1. The quantitative estimate of drug-likeness (QED) is 0.420. The predicted molar refractivity (Wildman–Crippen MR) is 118 cm³/mol. The maximum atomic E-state index is 13.1. The lowest BCUT2D eigenvalue weighted by atomic mass is 9.92. The minimum Gasteiger partial charge on any atom is -0.323 e. The van der Waals surface area contributed by atoms with Crippen molar-refractivity contribution in [2.24, 2.45) is 0 Å². The van der Waals surface area contributed by atoms with E-state index in [0.717, 1.165) is 16.0 Å². The molecule has 3 N–H and O–H groups in total. The Morgan fingerprint density at radius 1 is 0.939 bits per heavy atom. The van der Waals surface area contributed by atoms with Gasteiger partial charge in [-0.3, -0.25) is 30.1 Å². The predicted octanol–water partition coefficient (Wildman–Crippen LogP) is 1.63. The molecular weight excluding hydrogens is 422 g/mol. The van der Waals surface area contributed by atoms with E-state index in [1.165, 1.54) is 0 Å². The SMILES string of the molecule is O=C(CN1C(=O)N[C@]2(CCc3ccccc32)C1=O)NNC(=O)c1ccccc1-n1cccc1. The summed E-state index contributed by atoms with van der Waals surface area (Å²) >= 11 is 0. The topological polar surface area (TPSA) is 113 Å². The number of para-hydroxylation sites is 1. The highest BCUT2D eigenvalue weighted by atomic mass is 16.2. The van der Waals surface area contributed by atoms with Crippen LogP contribution in [0.2, 0.25) is 0 Å². The minimum atomic E-state index is -1.13.